The van der Waals surface area contributed by atoms with E-state index in [2.05, 4.69) is 10.6 Å². The van der Waals surface area contributed by atoms with Gasteiger partial charge in [0.15, 0.2) is 0 Å². The first-order chi connectivity index (χ1) is 9.15. The number of rotatable bonds is 4. The number of carbonyl (C=O) groups is 1. The summed E-state index contributed by atoms with van der Waals surface area (Å²) in [5.74, 6) is 0.724. The summed E-state index contributed by atoms with van der Waals surface area (Å²) in [6.45, 7) is 2.31. The molecule has 0 radical (unpaired) electrons. The topological polar surface area (TPSA) is 54.3 Å². The number of hydrogen-bond acceptors (Lipinski definition) is 2. The molecule has 19 heavy (non-hydrogen) atoms. The van der Waals surface area contributed by atoms with E-state index in [0.717, 1.165) is 11.3 Å². The van der Waals surface area contributed by atoms with Crippen LogP contribution in [0.2, 0.25) is 5.02 Å². The Kier molecular flexibility index (Phi) is 4.47. The molecule has 2 aromatic rings. The van der Waals surface area contributed by atoms with Crippen molar-refractivity contribution in [2.24, 2.45) is 0 Å². The van der Waals surface area contributed by atoms with Crippen molar-refractivity contribution in [3.8, 4) is 0 Å². The Morgan fingerprint density at radius 2 is 2.05 bits per heavy atom. The molecule has 1 atom stereocenters. The highest BCUT2D eigenvalue weighted by Gasteiger charge is 2.10. The zero-order valence-electron chi connectivity index (χ0n) is 10.5. The molecule has 0 fully saturated rings. The van der Waals surface area contributed by atoms with Crippen molar-refractivity contribution in [1.29, 1.82) is 0 Å². The summed E-state index contributed by atoms with van der Waals surface area (Å²) < 4.78 is 5.21. The van der Waals surface area contributed by atoms with Crippen LogP contribution in [-0.4, -0.2) is 6.03 Å². The lowest BCUT2D eigenvalue weighted by atomic mass is 10.2. The van der Waals surface area contributed by atoms with Crippen LogP contribution in [0.25, 0.3) is 0 Å². The second-order valence-corrected chi connectivity index (χ2v) is 4.63. The number of furan rings is 1. The van der Waals surface area contributed by atoms with Crippen LogP contribution in [0.4, 0.5) is 4.79 Å². The van der Waals surface area contributed by atoms with E-state index in [1.807, 2.05) is 25.1 Å². The molecule has 2 rings (SSSR count). The zero-order chi connectivity index (χ0) is 13.7. The van der Waals surface area contributed by atoms with Crippen molar-refractivity contribution in [2.45, 2.75) is 19.5 Å². The van der Waals surface area contributed by atoms with Gasteiger partial charge in [-0.15, -0.1) is 0 Å². The molecule has 5 heteroatoms. The maximum atomic E-state index is 11.7. The number of nitrogens with one attached hydrogen (secondary N) is 2. The minimum atomic E-state index is -0.237. The van der Waals surface area contributed by atoms with Crippen LogP contribution < -0.4 is 10.6 Å². The third-order valence-electron chi connectivity index (χ3n) is 2.68. The first kappa shape index (κ1) is 13.5. The third kappa shape index (κ3) is 4.03. The first-order valence-corrected chi connectivity index (χ1v) is 6.35. The van der Waals surface area contributed by atoms with Gasteiger partial charge in [0.2, 0.25) is 0 Å². The smallest absolute Gasteiger partial charge is 0.315 e. The lowest BCUT2D eigenvalue weighted by Gasteiger charge is -2.12. The minimum absolute atomic E-state index is 0.166. The van der Waals surface area contributed by atoms with E-state index in [4.69, 9.17) is 16.0 Å². The van der Waals surface area contributed by atoms with Crippen LogP contribution in [-0.2, 0) is 6.54 Å². The summed E-state index contributed by atoms with van der Waals surface area (Å²) >= 11 is 5.79. The Morgan fingerprint density at radius 3 is 2.68 bits per heavy atom. The van der Waals surface area contributed by atoms with Crippen molar-refractivity contribution in [3.63, 3.8) is 0 Å². The SMILES string of the molecule is CC(NC(=O)NCc1ccc(Cl)cc1)c1ccco1. The number of amides is 2. The summed E-state index contributed by atoms with van der Waals surface area (Å²) in [6, 6.07) is 10.5. The fraction of sp³-hybridized carbons (Fsp3) is 0.214. The van der Waals surface area contributed by atoms with E-state index < -0.39 is 0 Å². The molecule has 100 valence electrons. The van der Waals surface area contributed by atoms with E-state index in [1.54, 1.807) is 24.5 Å². The molecule has 0 saturated carbocycles. The molecule has 0 aliphatic rings. The molecule has 1 unspecified atom stereocenters. The molecule has 2 N–H and O–H groups in total. The molecule has 0 bridgehead atoms. The summed E-state index contributed by atoms with van der Waals surface area (Å²) in [5.41, 5.74) is 0.991. The monoisotopic (exact) mass is 278 g/mol. The highest BCUT2D eigenvalue weighted by atomic mass is 35.5. The average Bonchev–Trinajstić information content (AvgIpc) is 2.92. The summed E-state index contributed by atoms with van der Waals surface area (Å²) in [6.07, 6.45) is 1.58. The van der Waals surface area contributed by atoms with Crippen molar-refractivity contribution in [1.82, 2.24) is 10.6 Å². The van der Waals surface area contributed by atoms with Gasteiger partial charge in [-0.2, -0.15) is 0 Å². The van der Waals surface area contributed by atoms with Gasteiger partial charge in [-0.05, 0) is 36.8 Å². The van der Waals surface area contributed by atoms with Crippen LogP contribution in [0.5, 0.6) is 0 Å². The second-order valence-electron chi connectivity index (χ2n) is 4.19. The molecular formula is C14H15ClN2O2. The standard InChI is InChI=1S/C14H15ClN2O2/c1-10(13-3-2-8-19-13)17-14(18)16-9-11-4-6-12(15)7-5-11/h2-8,10H,9H2,1H3,(H2,16,17,18). The van der Waals surface area contributed by atoms with Crippen molar-refractivity contribution >= 4 is 17.6 Å². The first-order valence-electron chi connectivity index (χ1n) is 5.97. The van der Waals surface area contributed by atoms with Crippen LogP contribution in [0.15, 0.2) is 47.1 Å². The highest BCUT2D eigenvalue weighted by Crippen LogP contribution is 2.12. The van der Waals surface area contributed by atoms with Crippen LogP contribution in [0.1, 0.15) is 24.3 Å². The number of urea groups is 1. The van der Waals surface area contributed by atoms with Gasteiger partial charge in [-0.25, -0.2) is 4.79 Å². The highest BCUT2D eigenvalue weighted by molar-refractivity contribution is 6.30. The van der Waals surface area contributed by atoms with Gasteiger partial charge >= 0.3 is 6.03 Å². The third-order valence-corrected chi connectivity index (χ3v) is 2.94. The van der Waals surface area contributed by atoms with Crippen LogP contribution in [0, 0.1) is 0 Å². The minimum Gasteiger partial charge on any atom is -0.467 e. The average molecular weight is 279 g/mol. The Labute approximate surface area is 116 Å². The summed E-state index contributed by atoms with van der Waals surface area (Å²) in [7, 11) is 0. The molecular weight excluding hydrogens is 264 g/mol. The Bertz CT molecular complexity index is 523. The predicted molar refractivity (Wildman–Crippen MR) is 73.9 cm³/mol. The molecule has 0 spiro atoms. The van der Waals surface area contributed by atoms with Gasteiger partial charge in [0.25, 0.3) is 0 Å². The number of halogens is 1. The van der Waals surface area contributed by atoms with E-state index >= 15 is 0 Å². The molecule has 0 aliphatic heterocycles. The van der Waals surface area contributed by atoms with Gasteiger partial charge in [0.05, 0.1) is 12.3 Å². The largest absolute Gasteiger partial charge is 0.467 e. The Balaban J connectivity index is 1.80. The second kappa shape index (κ2) is 6.29. The van der Waals surface area contributed by atoms with Gasteiger partial charge in [-0.1, -0.05) is 23.7 Å². The Morgan fingerprint density at radius 1 is 1.32 bits per heavy atom. The van der Waals surface area contributed by atoms with E-state index in [1.165, 1.54) is 0 Å². The predicted octanol–water partition coefficient (Wildman–Crippen LogP) is 3.49. The molecule has 1 aromatic carbocycles. The van der Waals surface area contributed by atoms with Gasteiger partial charge in [-0.3, -0.25) is 0 Å². The molecule has 1 heterocycles. The Hall–Kier alpha value is -1.94. The van der Waals surface area contributed by atoms with Gasteiger partial charge < -0.3 is 15.1 Å². The van der Waals surface area contributed by atoms with Gasteiger partial charge in [0, 0.05) is 11.6 Å². The van der Waals surface area contributed by atoms with Crippen molar-refractivity contribution < 1.29 is 9.21 Å². The zero-order valence-corrected chi connectivity index (χ0v) is 11.3. The fourth-order valence-corrected chi connectivity index (χ4v) is 1.77. The van der Waals surface area contributed by atoms with Crippen molar-refractivity contribution in [2.75, 3.05) is 0 Å². The van der Waals surface area contributed by atoms with E-state index in [0.29, 0.717) is 11.6 Å². The maximum Gasteiger partial charge on any atom is 0.315 e. The lowest BCUT2D eigenvalue weighted by molar-refractivity contribution is 0.235. The van der Waals surface area contributed by atoms with Crippen LogP contribution in [0.3, 0.4) is 0 Å². The summed E-state index contributed by atoms with van der Waals surface area (Å²) in [5, 5.41) is 6.25. The number of benzene rings is 1. The lowest BCUT2D eigenvalue weighted by Crippen LogP contribution is -2.36. The number of hydrogen-bond donors (Lipinski definition) is 2. The molecule has 0 saturated heterocycles. The molecule has 1 aromatic heterocycles. The van der Waals surface area contributed by atoms with Crippen molar-refractivity contribution in [3.05, 3.63) is 59.0 Å². The molecule has 2 amide bonds. The molecule has 4 nitrogen and oxygen atoms in total. The van der Waals surface area contributed by atoms with E-state index in [-0.39, 0.29) is 12.1 Å². The molecule has 0 aliphatic carbocycles. The fourth-order valence-electron chi connectivity index (χ4n) is 1.64. The quantitative estimate of drug-likeness (QED) is 0.899. The summed E-state index contributed by atoms with van der Waals surface area (Å²) in [4.78, 5) is 11.7. The normalized spacial score (nSPS) is 11.9. The van der Waals surface area contributed by atoms with Crippen LogP contribution >= 0.6 is 11.6 Å². The number of carbonyl (C=O) groups excluding carboxylic acids is 1. The van der Waals surface area contributed by atoms with E-state index in [9.17, 15) is 4.79 Å². The maximum absolute atomic E-state index is 11.7. The van der Waals surface area contributed by atoms with Gasteiger partial charge in [0.1, 0.15) is 5.76 Å².